The summed E-state index contributed by atoms with van der Waals surface area (Å²) in [5.74, 6) is -6.64. The number of halogens is 11. The van der Waals surface area contributed by atoms with Crippen molar-refractivity contribution in [3.63, 3.8) is 0 Å². The Balaban J connectivity index is 0.000000426. The van der Waals surface area contributed by atoms with Crippen molar-refractivity contribution in [2.24, 2.45) is 10.2 Å². The van der Waals surface area contributed by atoms with Gasteiger partial charge in [-0.3, -0.25) is 0 Å². The summed E-state index contributed by atoms with van der Waals surface area (Å²) in [6, 6.07) is 48.6. The van der Waals surface area contributed by atoms with Crippen molar-refractivity contribution in [2.75, 3.05) is 21.3 Å². The van der Waals surface area contributed by atoms with Crippen LogP contribution in [0.1, 0.15) is 305 Å². The van der Waals surface area contributed by atoms with Crippen molar-refractivity contribution in [3.05, 3.63) is 246 Å². The van der Waals surface area contributed by atoms with Gasteiger partial charge in [-0.1, -0.05) is 174 Å². The number of alkyl halides is 1. The Bertz CT molecular complexity index is 5780. The molecule has 777 valence electrons. The fourth-order valence-corrected chi connectivity index (χ4v) is 21.9. The number of benzene rings is 8. The molecule has 7 aliphatic rings. The quantitative estimate of drug-likeness (QED) is 0.0164. The molecule has 21 nitrogen and oxygen atoms in total. The van der Waals surface area contributed by atoms with Crippen LogP contribution in [0, 0.1) is 126 Å². The van der Waals surface area contributed by atoms with Crippen LogP contribution in [0.5, 0.6) is 0 Å². The van der Waals surface area contributed by atoms with Crippen LogP contribution in [-0.2, 0) is 47.5 Å². The van der Waals surface area contributed by atoms with Crippen LogP contribution in [0.3, 0.4) is 0 Å². The Hall–Kier alpha value is -6.28. The van der Waals surface area contributed by atoms with Gasteiger partial charge in [-0.2, -0.15) is 31.3 Å². The number of nitriles is 4. The maximum absolute atomic E-state index is 14.8. The van der Waals surface area contributed by atoms with Gasteiger partial charge in [0, 0.05) is 16.3 Å². The summed E-state index contributed by atoms with van der Waals surface area (Å²) in [5.41, 5.74) is 5.65. The van der Waals surface area contributed by atoms with E-state index in [1.54, 1.807) is 104 Å². The van der Waals surface area contributed by atoms with E-state index in [2.05, 4.69) is 107 Å². The molecule has 4 aliphatic carbocycles. The summed E-state index contributed by atoms with van der Waals surface area (Å²) < 4.78 is 131. The minimum absolute atomic E-state index is 0. The number of esters is 3. The molecule has 0 unspecified atom stereocenters. The number of methoxy groups -OCH3 is 3. The number of hydrogen-bond donors (Lipinski definition) is 1. The van der Waals surface area contributed by atoms with Gasteiger partial charge in [0.1, 0.15) is 29.6 Å². The first kappa shape index (κ1) is 133. The fourth-order valence-electron chi connectivity index (χ4n) is 16.1. The predicted octanol–water partition coefficient (Wildman–Crippen LogP) is 24.6. The van der Waals surface area contributed by atoms with Crippen molar-refractivity contribution in [2.45, 2.75) is 315 Å². The number of nitrogens with zero attached hydrogens (tertiary/aromatic N) is 6. The summed E-state index contributed by atoms with van der Waals surface area (Å²) in [5, 5.41) is 54.8. The number of rotatable bonds is 13. The minimum Gasteiger partial charge on any atom is -0.870 e. The summed E-state index contributed by atoms with van der Waals surface area (Å²) in [4.78, 5) is 44.8. The summed E-state index contributed by atoms with van der Waals surface area (Å²) in [7, 11) is 3.33. The van der Waals surface area contributed by atoms with Gasteiger partial charge in [-0.15, -0.1) is 12.4 Å². The van der Waals surface area contributed by atoms with Gasteiger partial charge in [0.15, 0.2) is 28.5 Å². The van der Waals surface area contributed by atoms with Crippen LogP contribution in [0.25, 0.3) is 11.1 Å². The molecule has 7 fully saturated rings. The van der Waals surface area contributed by atoms with E-state index >= 15 is 0 Å². The second-order valence-electron chi connectivity index (χ2n) is 38.5. The molecule has 0 amide bonds. The van der Waals surface area contributed by atoms with Gasteiger partial charge in [0.2, 0.25) is 0 Å². The standard InChI is InChI=1S/C24H31P.C15H19BBrFO4.C15H20BFO4.C14H20N4.C9H8FIO2.C8H5FIN.C8H6FIO2.C8H6FN.C6H12BO2.CH4.ClH.K.H2O/c1-4-12-20(13-5-1)23-18-10-11-19-24(23)25(21-14-6-2-7-15-21)22-16-8-3-9-17-22;1-14(2)15(3,4)22-16(21-14)11-9(8-17)6-7-10(12(11)18)13(19)20-5;1-9-7-8-10(13(18)19-6)12(17)11(9)16-20-14(2,3)15(4,5)21-16;15-11-13(7-3-1-4-8-13)17-18-14(12-16)9-5-2-6-10-14;1-5-3-4-6(9(12)13-2)7(10)8(5)11;1-5-2-3-6(4-11)7(9)8(5)10;1-4-2-3-5(8(11)12)6(9)7(4)10;1-6-2-3-7(5-10)8(9)4-6;1-5(2)6(3,4)9-7-8-5;;;;/h1,4-5,10-13,18-19,21-22H,2-3,6-9,14-17H2;6-7H,8H2,1-5H3;7-8H,1-6H3;1-10H2;3-4H,1-2H3;2-3H,1H3;2-3H,1H3,(H,11,12);2-4H,1H3;1-4H3;1H4;1H;;1H2/q;;;;;;;;;;;+1;/p-1. The maximum Gasteiger partial charge on any atom is 1.00 e. The number of carbonyl (C=O) groups excluding carboxylic acids is 3. The Morgan fingerprint density at radius 3 is 1.19 bits per heavy atom. The zero-order valence-electron chi connectivity index (χ0n) is 86.0. The molecule has 0 aromatic heterocycles. The Labute approximate surface area is 954 Å². The molecule has 37 heteroatoms. The Morgan fingerprint density at radius 1 is 0.462 bits per heavy atom. The minimum atomic E-state index is -1.23. The van der Waals surface area contributed by atoms with E-state index in [9.17, 15) is 56.0 Å². The van der Waals surface area contributed by atoms with E-state index < -0.39 is 106 Å². The third-order valence-electron chi connectivity index (χ3n) is 27.0. The Morgan fingerprint density at radius 2 is 0.807 bits per heavy atom. The zero-order chi connectivity index (χ0) is 105. The fraction of sp³-hybridized carbons (Fsp3) is 0.481. The first-order valence-electron chi connectivity index (χ1n) is 47.0. The van der Waals surface area contributed by atoms with Crippen molar-refractivity contribution in [1.29, 1.82) is 21.0 Å². The third-order valence-corrected chi connectivity index (χ3v) is 35.1. The number of carbonyl (C=O) groups is 4. The average molecular weight is 2470 g/mol. The van der Waals surface area contributed by atoms with Gasteiger partial charge in [-0.05, 0) is 366 Å². The molecule has 0 bridgehead atoms. The molecule has 145 heavy (non-hydrogen) atoms. The van der Waals surface area contributed by atoms with Crippen molar-refractivity contribution in [1.82, 2.24) is 0 Å². The van der Waals surface area contributed by atoms with Crippen LogP contribution < -0.4 is 67.6 Å². The predicted molar refractivity (Wildman–Crippen MR) is 587 cm³/mol. The number of aromatic carboxylic acids is 1. The molecular formula is C108H133B3BrClF6I3KN6O15P. The van der Waals surface area contributed by atoms with Crippen LogP contribution in [0.2, 0.25) is 0 Å². The molecule has 3 aliphatic heterocycles. The second kappa shape index (κ2) is 60.8. The van der Waals surface area contributed by atoms with E-state index in [4.69, 9.17) is 43.6 Å². The molecule has 2 N–H and O–H groups in total. The molecular weight excluding hydrogens is 2330 g/mol. The van der Waals surface area contributed by atoms with Gasteiger partial charge < -0.3 is 52.7 Å². The van der Waals surface area contributed by atoms with Gasteiger partial charge >= 0.3 is 97.2 Å². The maximum atomic E-state index is 14.8. The van der Waals surface area contributed by atoms with Crippen molar-refractivity contribution >= 4 is 166 Å². The first-order chi connectivity index (χ1) is 66.4. The number of ether oxygens (including phenoxy) is 3. The van der Waals surface area contributed by atoms with Gasteiger partial charge in [-0.25, -0.2) is 45.5 Å². The van der Waals surface area contributed by atoms with E-state index in [0.29, 0.717) is 27.2 Å². The number of carboxylic acids is 1. The summed E-state index contributed by atoms with van der Waals surface area (Å²) >= 11 is 8.87. The number of carboxylic acid groups (broad SMARTS) is 1. The molecule has 8 aromatic rings. The number of aryl methyl sites for hydroxylation is 5. The second-order valence-corrected chi connectivity index (χ2v) is 45.0. The molecule has 3 saturated heterocycles. The molecule has 4 saturated carbocycles. The SMILES string of the molecule is C.CC1(C)O[B]OC1(C)C.COC(=O)c1ccc(C)c(B2OC(C)(C)C(C)(C)O2)c1F.COC(=O)c1ccc(C)c(I)c1F.COC(=O)c1ccc(CBr)c(B2OC(C)(C)C(C)(C)O2)c1F.Cc1ccc(C#N)c(F)c1.Cc1ccc(C#N)c(F)c1I.Cc1ccc(C(=O)O)c(F)c1I.Cl.N#CC1(N=NC2(C#N)CCCCC2)CCCCC1.[K+].[OH-].c1ccc(-c2ccccc2P(C2CCCCC2)C2CCCCC2)cc1. The van der Waals surface area contributed by atoms with E-state index in [-0.39, 0.29) is 140 Å². The summed E-state index contributed by atoms with van der Waals surface area (Å²) in [6.07, 6.45) is 24.4. The molecule has 1 radical (unpaired) electrons. The zero-order valence-corrected chi connectivity index (χ0v) is 98.9. The van der Waals surface area contributed by atoms with Crippen LogP contribution in [-0.4, -0.2) is 134 Å². The normalized spacial score (nSPS) is 17.4. The number of azo groups is 1. The smallest absolute Gasteiger partial charge is 0.870 e. The molecule has 15 rings (SSSR count). The van der Waals surface area contributed by atoms with Crippen molar-refractivity contribution < 1.29 is 150 Å². The monoisotopic (exact) mass is 2470 g/mol. The average Bonchev–Trinajstić information content (AvgIpc) is 1.61. The largest absolute Gasteiger partial charge is 1.00 e. The molecule has 0 spiro atoms. The van der Waals surface area contributed by atoms with Crippen LogP contribution in [0.15, 0.2) is 144 Å². The van der Waals surface area contributed by atoms with Gasteiger partial charge in [0.05, 0.1) is 111 Å². The topological polar surface area (TPSA) is 321 Å². The van der Waals surface area contributed by atoms with E-state index in [1.807, 2.05) is 135 Å². The van der Waals surface area contributed by atoms with E-state index in [0.717, 1.165) is 84.9 Å². The van der Waals surface area contributed by atoms with E-state index in [1.165, 1.54) is 160 Å². The molecule has 0 atom stereocenters. The van der Waals surface area contributed by atoms with Gasteiger partial charge in [0.25, 0.3) is 0 Å². The third kappa shape index (κ3) is 35.7. The van der Waals surface area contributed by atoms with Crippen LogP contribution in [0.4, 0.5) is 26.3 Å². The van der Waals surface area contributed by atoms with Crippen LogP contribution >= 0.6 is 104 Å². The molecule has 3 heterocycles. The Kier molecular flexibility index (Phi) is 55.7. The first-order valence-corrected chi connectivity index (χ1v) is 52.9. The molecule has 8 aromatic carbocycles. The van der Waals surface area contributed by atoms with Crippen molar-refractivity contribution in [3.8, 4) is 35.4 Å². The number of hydrogen-bond acceptors (Lipinski definition) is 20. The summed E-state index contributed by atoms with van der Waals surface area (Å²) in [6.45, 7) is 32.0.